The van der Waals surface area contributed by atoms with Gasteiger partial charge in [0.1, 0.15) is 10.8 Å². The third-order valence-electron chi connectivity index (χ3n) is 5.77. The van der Waals surface area contributed by atoms with Gasteiger partial charge in [0.05, 0.1) is 12.2 Å². The van der Waals surface area contributed by atoms with Gasteiger partial charge in [-0.15, -0.1) is 5.10 Å². The number of pyridine rings is 1. The van der Waals surface area contributed by atoms with Crippen LogP contribution in [0.3, 0.4) is 0 Å². The molecule has 0 radical (unpaired) electrons. The Hall–Kier alpha value is -2.08. The fraction of sp³-hybridized carbons (Fsp3) is 0.550. The summed E-state index contributed by atoms with van der Waals surface area (Å²) in [7, 11) is 0. The number of hydrogen-bond acceptors (Lipinski definition) is 5. The van der Waals surface area contributed by atoms with Crippen LogP contribution in [-0.4, -0.2) is 32.9 Å². The smallest absolute Gasteiger partial charge is 0.341 e. The van der Waals surface area contributed by atoms with E-state index in [2.05, 4.69) is 17.0 Å². The van der Waals surface area contributed by atoms with Gasteiger partial charge in [-0.2, -0.15) is 0 Å². The molecule has 2 heterocycles. The zero-order chi connectivity index (χ0) is 19.4. The summed E-state index contributed by atoms with van der Waals surface area (Å²) < 4.78 is 12.8. The zero-order valence-corrected chi connectivity index (χ0v) is 16.8. The van der Waals surface area contributed by atoms with Gasteiger partial charge in [0.25, 0.3) is 0 Å². The van der Waals surface area contributed by atoms with Crippen LogP contribution >= 0.6 is 11.6 Å². The van der Waals surface area contributed by atoms with Gasteiger partial charge < -0.3 is 9.47 Å². The van der Waals surface area contributed by atoms with Crippen LogP contribution in [0.1, 0.15) is 50.9 Å². The number of esters is 1. The van der Waals surface area contributed by atoms with Crippen molar-refractivity contribution in [3.63, 3.8) is 0 Å². The van der Waals surface area contributed by atoms with Crippen molar-refractivity contribution in [2.45, 2.75) is 46.1 Å². The lowest BCUT2D eigenvalue weighted by Crippen LogP contribution is -2.62. The van der Waals surface area contributed by atoms with Gasteiger partial charge in [-0.3, -0.25) is 0 Å². The average molecular weight is 390 g/mol. The second-order valence-corrected chi connectivity index (χ2v) is 9.07. The van der Waals surface area contributed by atoms with E-state index in [4.69, 9.17) is 21.1 Å². The van der Waals surface area contributed by atoms with Crippen LogP contribution in [0.5, 0.6) is 5.88 Å². The molecule has 0 aliphatic heterocycles. The van der Waals surface area contributed by atoms with E-state index in [1.54, 1.807) is 43.8 Å². The van der Waals surface area contributed by atoms with Crippen molar-refractivity contribution in [1.82, 2.24) is 14.8 Å². The molecule has 2 bridgehead atoms. The van der Waals surface area contributed by atoms with E-state index in [-0.39, 0.29) is 10.7 Å². The Morgan fingerprint density at radius 3 is 2.63 bits per heavy atom. The average Bonchev–Trinajstić information content (AvgIpc) is 3.00. The minimum absolute atomic E-state index is 0.0856. The van der Waals surface area contributed by atoms with Crippen molar-refractivity contribution in [1.29, 1.82) is 0 Å². The lowest BCUT2D eigenvalue weighted by Gasteiger charge is -2.67. The van der Waals surface area contributed by atoms with Crippen molar-refractivity contribution >= 4 is 17.6 Å². The topological polar surface area (TPSA) is 66.2 Å². The van der Waals surface area contributed by atoms with Gasteiger partial charge >= 0.3 is 5.97 Å². The van der Waals surface area contributed by atoms with Crippen LogP contribution in [0.4, 0.5) is 0 Å². The molecular formula is C20H24ClN3O3. The predicted octanol–water partition coefficient (Wildman–Crippen LogP) is 4.30. The Balaban J connectivity index is 1.43. The van der Waals surface area contributed by atoms with Crippen LogP contribution in [0.25, 0.3) is 5.82 Å². The summed E-state index contributed by atoms with van der Waals surface area (Å²) in [6.07, 6.45) is 4.32. The fourth-order valence-corrected chi connectivity index (χ4v) is 4.13. The molecule has 5 rings (SSSR count). The summed E-state index contributed by atoms with van der Waals surface area (Å²) in [6.45, 7) is 8.43. The number of nitrogens with zero attached hydrogens (tertiary/aromatic N) is 3. The van der Waals surface area contributed by atoms with Crippen LogP contribution < -0.4 is 4.74 Å². The van der Waals surface area contributed by atoms with E-state index >= 15 is 0 Å². The molecule has 0 aromatic carbocycles. The summed E-state index contributed by atoms with van der Waals surface area (Å²) in [5.41, 5.74) is 0.00702. The van der Waals surface area contributed by atoms with E-state index in [0.29, 0.717) is 23.7 Å². The molecule has 6 nitrogen and oxygen atoms in total. The molecule has 27 heavy (non-hydrogen) atoms. The number of carbonyl (C=O) groups is 1. The first kappa shape index (κ1) is 18.3. The predicted molar refractivity (Wildman–Crippen MR) is 101 cm³/mol. The van der Waals surface area contributed by atoms with Gasteiger partial charge in [0.15, 0.2) is 5.82 Å². The third kappa shape index (κ3) is 3.31. The molecule has 2 aromatic heterocycles. The quantitative estimate of drug-likeness (QED) is 0.563. The Morgan fingerprint density at radius 2 is 2.07 bits per heavy atom. The first-order chi connectivity index (χ1) is 12.7. The fourth-order valence-electron chi connectivity index (χ4n) is 3.91. The molecule has 0 unspecified atom stereocenters. The number of carbonyl (C=O) groups excluding carboxylic acids is 1. The molecule has 3 aliphatic carbocycles. The Morgan fingerprint density at radius 1 is 1.33 bits per heavy atom. The molecule has 3 aliphatic rings. The lowest BCUT2D eigenvalue weighted by atomic mass is 9.38. The zero-order valence-electron chi connectivity index (χ0n) is 16.0. The maximum atomic E-state index is 12.2. The van der Waals surface area contributed by atoms with E-state index in [1.807, 2.05) is 6.07 Å². The van der Waals surface area contributed by atoms with Gasteiger partial charge in [0, 0.05) is 17.7 Å². The van der Waals surface area contributed by atoms with Gasteiger partial charge in [-0.25, -0.2) is 14.5 Å². The van der Waals surface area contributed by atoms with E-state index in [0.717, 1.165) is 11.8 Å². The normalized spacial score (nSPS) is 26.1. The van der Waals surface area contributed by atoms with E-state index < -0.39 is 11.6 Å². The van der Waals surface area contributed by atoms with Crippen LogP contribution in [-0.2, 0) is 4.74 Å². The van der Waals surface area contributed by atoms with Crippen molar-refractivity contribution in [3.05, 3.63) is 35.1 Å². The second-order valence-electron chi connectivity index (χ2n) is 8.72. The third-order valence-corrected chi connectivity index (χ3v) is 6.06. The Labute approximate surface area is 163 Å². The second kappa shape index (κ2) is 6.23. The molecule has 3 saturated carbocycles. The minimum Gasteiger partial charge on any atom is -0.476 e. The molecule has 0 amide bonds. The molecule has 0 spiro atoms. The molecule has 0 saturated heterocycles. The highest BCUT2D eigenvalue weighted by atomic mass is 35.5. The van der Waals surface area contributed by atoms with E-state index in [1.165, 1.54) is 12.8 Å². The first-order valence-corrected chi connectivity index (χ1v) is 9.63. The maximum Gasteiger partial charge on any atom is 0.341 e. The molecule has 1 atom stereocenters. The summed E-state index contributed by atoms with van der Waals surface area (Å²) in [5.74, 6) is 2.26. The van der Waals surface area contributed by atoms with Gasteiger partial charge in [-0.1, -0.05) is 18.5 Å². The maximum absolute atomic E-state index is 12.2. The number of halogens is 1. The molecule has 0 N–H and O–H groups in total. The summed E-state index contributed by atoms with van der Waals surface area (Å²) in [4.78, 5) is 16.5. The summed E-state index contributed by atoms with van der Waals surface area (Å²) in [6, 6.07) is 5.10. The molecule has 144 valence electrons. The first-order valence-electron chi connectivity index (χ1n) is 9.26. The Kier molecular flexibility index (Phi) is 4.22. The largest absolute Gasteiger partial charge is 0.476 e. The highest BCUT2D eigenvalue weighted by Gasteiger charge is 2.63. The lowest BCUT2D eigenvalue weighted by molar-refractivity contribution is -0.199. The van der Waals surface area contributed by atoms with Crippen LogP contribution in [0.15, 0.2) is 24.4 Å². The van der Waals surface area contributed by atoms with Crippen molar-refractivity contribution in [2.24, 2.45) is 17.3 Å². The highest BCUT2D eigenvalue weighted by Crippen LogP contribution is 2.68. The number of rotatable bonds is 5. The molecule has 3 fully saturated rings. The van der Waals surface area contributed by atoms with Crippen molar-refractivity contribution in [2.75, 3.05) is 6.61 Å². The number of hydrogen-bond donors (Lipinski definition) is 0. The van der Waals surface area contributed by atoms with Gasteiger partial charge in [-0.05, 0) is 57.6 Å². The monoisotopic (exact) mass is 389 g/mol. The standard InChI is InChI=1S/C20H24ClN3O3/c1-12-13-9-20(12,10-13)11-26-16-7-8-24(23-16)15-6-5-14(17(21)22-15)18(25)27-19(2,3)4/h5-8,12-13H,9-11H2,1-4H3/t12-,13?,20?/m1/s1. The number of aromatic nitrogens is 3. The number of ether oxygens (including phenoxy) is 2. The van der Waals surface area contributed by atoms with Crippen molar-refractivity contribution < 1.29 is 14.3 Å². The van der Waals surface area contributed by atoms with Gasteiger partial charge in [0.2, 0.25) is 5.88 Å². The minimum atomic E-state index is -0.592. The highest BCUT2D eigenvalue weighted by molar-refractivity contribution is 6.32. The molecular weight excluding hydrogens is 366 g/mol. The van der Waals surface area contributed by atoms with Crippen LogP contribution in [0.2, 0.25) is 5.15 Å². The van der Waals surface area contributed by atoms with Crippen molar-refractivity contribution in [3.8, 4) is 11.7 Å². The SMILES string of the molecule is C[C@@H]1C2CC1(COc1ccn(-c3ccc(C(=O)OC(C)(C)C)c(Cl)n3)n1)C2. The Bertz CT molecular complexity index is 881. The van der Waals surface area contributed by atoms with Crippen LogP contribution in [0, 0.1) is 17.3 Å². The summed E-state index contributed by atoms with van der Waals surface area (Å²) >= 11 is 6.19. The molecule has 7 heteroatoms. The van der Waals surface area contributed by atoms with E-state index in [9.17, 15) is 4.79 Å². The summed E-state index contributed by atoms with van der Waals surface area (Å²) in [5, 5.41) is 4.50. The molecule has 2 aromatic rings.